The maximum atomic E-state index is 10.8. The van der Waals surface area contributed by atoms with E-state index in [4.69, 9.17) is 0 Å². The molecule has 0 bridgehead atoms. The maximum Gasteiger partial charge on any atom is 0.0622 e. The minimum Gasteiger partial charge on any atom is -0.390 e. The molecule has 0 saturated carbocycles. The third-order valence-electron chi connectivity index (χ3n) is 6.65. The van der Waals surface area contributed by atoms with Crippen molar-refractivity contribution >= 4 is 0 Å². The summed E-state index contributed by atoms with van der Waals surface area (Å²) in [7, 11) is 0. The fourth-order valence-corrected chi connectivity index (χ4v) is 4.12. The number of rotatable bonds is 14. The van der Waals surface area contributed by atoms with Crippen LogP contribution in [0.5, 0.6) is 0 Å². The number of aliphatic hydroxyl groups is 1. The van der Waals surface area contributed by atoms with E-state index in [1.165, 1.54) is 62.5 Å². The molecule has 0 heterocycles. The fourth-order valence-electron chi connectivity index (χ4n) is 4.12. The summed E-state index contributed by atoms with van der Waals surface area (Å²) in [6.07, 6.45) is 21.2. The molecule has 1 rings (SSSR count). The molecule has 0 radical (unpaired) electrons. The van der Waals surface area contributed by atoms with Crippen LogP contribution in [0.1, 0.15) is 119 Å². The monoisotopic (exact) mass is 388 g/mol. The van der Waals surface area contributed by atoms with Gasteiger partial charge >= 0.3 is 0 Å². The molecule has 162 valence electrons. The van der Waals surface area contributed by atoms with Crippen LogP contribution in [0.15, 0.2) is 34.9 Å². The average molecular weight is 389 g/mol. The zero-order valence-electron chi connectivity index (χ0n) is 19.8. The molecule has 0 saturated heterocycles. The molecule has 2 unspecified atom stereocenters. The molecule has 0 aromatic carbocycles. The molecule has 1 heteroatoms. The molecule has 0 amide bonds. The predicted octanol–water partition coefficient (Wildman–Crippen LogP) is 8.54. The smallest absolute Gasteiger partial charge is 0.0622 e. The van der Waals surface area contributed by atoms with E-state index >= 15 is 0 Å². The van der Waals surface area contributed by atoms with E-state index in [2.05, 4.69) is 52.8 Å². The van der Waals surface area contributed by atoms with Gasteiger partial charge in [0.2, 0.25) is 0 Å². The number of hydrogen-bond donors (Lipinski definition) is 1. The Morgan fingerprint density at radius 2 is 1.96 bits per heavy atom. The molecule has 3 atom stereocenters. The highest BCUT2D eigenvalue weighted by atomic mass is 16.3. The average Bonchev–Trinajstić information content (AvgIpc) is 2.63. The predicted molar refractivity (Wildman–Crippen MR) is 126 cm³/mol. The SMILES string of the molecule is CCCCC/C(C)=C/CCC(C)CCCC(C)(O)CCC1=CC=C(C)[C@H](C)C1. The van der Waals surface area contributed by atoms with Gasteiger partial charge in [0.1, 0.15) is 0 Å². The van der Waals surface area contributed by atoms with Crippen LogP contribution in [0.4, 0.5) is 0 Å². The van der Waals surface area contributed by atoms with Gasteiger partial charge in [-0.2, -0.15) is 0 Å². The zero-order valence-corrected chi connectivity index (χ0v) is 19.8. The Morgan fingerprint density at radius 1 is 1.21 bits per heavy atom. The first kappa shape index (κ1) is 25.2. The third-order valence-corrected chi connectivity index (χ3v) is 6.65. The van der Waals surface area contributed by atoms with E-state index < -0.39 is 5.60 Å². The van der Waals surface area contributed by atoms with Gasteiger partial charge in [-0.3, -0.25) is 0 Å². The Labute approximate surface area is 176 Å². The lowest BCUT2D eigenvalue weighted by Crippen LogP contribution is -2.24. The number of unbranched alkanes of at least 4 members (excludes halogenated alkanes) is 2. The summed E-state index contributed by atoms with van der Waals surface area (Å²) in [5.41, 5.74) is 4.04. The van der Waals surface area contributed by atoms with Crippen molar-refractivity contribution < 1.29 is 5.11 Å². The number of allylic oxidation sites excluding steroid dienone is 6. The summed E-state index contributed by atoms with van der Waals surface area (Å²) in [4.78, 5) is 0. The lowest BCUT2D eigenvalue weighted by Gasteiger charge is -2.26. The van der Waals surface area contributed by atoms with Crippen LogP contribution in [0, 0.1) is 11.8 Å². The summed E-state index contributed by atoms with van der Waals surface area (Å²) >= 11 is 0. The van der Waals surface area contributed by atoms with Crippen LogP contribution in [0.25, 0.3) is 0 Å². The lowest BCUT2D eigenvalue weighted by atomic mass is 9.84. The molecule has 0 spiro atoms. The van der Waals surface area contributed by atoms with Crippen LogP contribution < -0.4 is 0 Å². The third kappa shape index (κ3) is 11.2. The van der Waals surface area contributed by atoms with Crippen molar-refractivity contribution in [3.63, 3.8) is 0 Å². The van der Waals surface area contributed by atoms with Crippen LogP contribution in [0.3, 0.4) is 0 Å². The molecule has 28 heavy (non-hydrogen) atoms. The quantitative estimate of drug-likeness (QED) is 0.233. The van der Waals surface area contributed by atoms with Gasteiger partial charge in [-0.05, 0) is 84.0 Å². The Kier molecular flexibility index (Phi) is 12.1. The summed E-state index contributed by atoms with van der Waals surface area (Å²) in [5.74, 6) is 1.42. The summed E-state index contributed by atoms with van der Waals surface area (Å²) in [6, 6.07) is 0. The normalized spacial score (nSPS) is 21.1. The second-order valence-corrected chi connectivity index (χ2v) is 9.92. The van der Waals surface area contributed by atoms with E-state index in [9.17, 15) is 5.11 Å². The summed E-state index contributed by atoms with van der Waals surface area (Å²) in [5, 5.41) is 10.8. The van der Waals surface area contributed by atoms with E-state index in [0.717, 1.165) is 31.6 Å². The van der Waals surface area contributed by atoms with Crippen LogP contribution >= 0.6 is 0 Å². The van der Waals surface area contributed by atoms with Crippen LogP contribution in [0.2, 0.25) is 0 Å². The van der Waals surface area contributed by atoms with Crippen molar-refractivity contribution in [3.05, 3.63) is 34.9 Å². The highest BCUT2D eigenvalue weighted by Gasteiger charge is 2.21. The van der Waals surface area contributed by atoms with Crippen molar-refractivity contribution in [1.82, 2.24) is 0 Å². The van der Waals surface area contributed by atoms with Crippen molar-refractivity contribution in [1.29, 1.82) is 0 Å². The molecule has 0 aliphatic heterocycles. The Bertz CT molecular complexity index is 520. The molecular formula is C27H48O. The van der Waals surface area contributed by atoms with Gasteiger partial charge in [-0.25, -0.2) is 0 Å². The Morgan fingerprint density at radius 3 is 2.64 bits per heavy atom. The molecule has 1 aliphatic carbocycles. The highest BCUT2D eigenvalue weighted by molar-refractivity contribution is 5.25. The van der Waals surface area contributed by atoms with Gasteiger partial charge < -0.3 is 5.11 Å². The Balaban J connectivity index is 2.20. The van der Waals surface area contributed by atoms with Crippen LogP contribution in [-0.2, 0) is 0 Å². The van der Waals surface area contributed by atoms with E-state index in [0.29, 0.717) is 5.92 Å². The second kappa shape index (κ2) is 13.4. The van der Waals surface area contributed by atoms with Crippen molar-refractivity contribution in [2.75, 3.05) is 0 Å². The van der Waals surface area contributed by atoms with Gasteiger partial charge in [0.05, 0.1) is 5.60 Å². The van der Waals surface area contributed by atoms with Crippen molar-refractivity contribution in [3.8, 4) is 0 Å². The first-order chi connectivity index (χ1) is 13.2. The molecular weight excluding hydrogens is 340 g/mol. The zero-order chi connectivity index (χ0) is 21.0. The molecule has 0 aromatic rings. The minimum atomic E-state index is -0.518. The number of hydrogen-bond acceptors (Lipinski definition) is 1. The maximum absolute atomic E-state index is 10.8. The van der Waals surface area contributed by atoms with E-state index in [1.54, 1.807) is 5.57 Å². The van der Waals surface area contributed by atoms with Gasteiger partial charge in [0, 0.05) is 0 Å². The lowest BCUT2D eigenvalue weighted by molar-refractivity contribution is 0.0384. The van der Waals surface area contributed by atoms with Gasteiger partial charge in [-0.1, -0.05) is 81.4 Å². The summed E-state index contributed by atoms with van der Waals surface area (Å²) < 4.78 is 0. The van der Waals surface area contributed by atoms with Crippen molar-refractivity contribution in [2.45, 2.75) is 124 Å². The molecule has 1 aliphatic rings. The first-order valence-corrected chi connectivity index (χ1v) is 12.0. The van der Waals surface area contributed by atoms with E-state index in [-0.39, 0.29) is 0 Å². The van der Waals surface area contributed by atoms with Gasteiger partial charge in [0.15, 0.2) is 0 Å². The molecule has 1 nitrogen and oxygen atoms in total. The molecule has 0 aromatic heterocycles. The van der Waals surface area contributed by atoms with Gasteiger partial charge in [-0.15, -0.1) is 0 Å². The van der Waals surface area contributed by atoms with Gasteiger partial charge in [0.25, 0.3) is 0 Å². The van der Waals surface area contributed by atoms with Crippen LogP contribution in [-0.4, -0.2) is 10.7 Å². The topological polar surface area (TPSA) is 20.2 Å². The summed E-state index contributed by atoms with van der Waals surface area (Å²) in [6.45, 7) is 13.5. The van der Waals surface area contributed by atoms with E-state index in [1.807, 2.05) is 6.92 Å². The molecule has 0 fully saturated rings. The largest absolute Gasteiger partial charge is 0.390 e. The Hall–Kier alpha value is -0.820. The molecule has 1 N–H and O–H groups in total. The van der Waals surface area contributed by atoms with Crippen molar-refractivity contribution in [2.24, 2.45) is 11.8 Å². The minimum absolute atomic E-state index is 0.518. The standard InChI is InChI=1S/C27H48O/c1-7-8-9-12-22(2)13-10-14-23(3)15-11-19-27(6,28)20-18-26-17-16-24(4)25(5)21-26/h13,16-17,23,25,28H,7-12,14-15,18-21H2,1-6H3/b22-13+/t23?,25-,27?/m1/s1. The fraction of sp³-hybridized carbons (Fsp3) is 0.778. The highest BCUT2D eigenvalue weighted by Crippen LogP contribution is 2.30. The second-order valence-electron chi connectivity index (χ2n) is 9.92. The first-order valence-electron chi connectivity index (χ1n) is 12.0.